The molecule has 0 unspecified atom stereocenters. The first kappa shape index (κ1) is 11.4. The highest BCUT2D eigenvalue weighted by atomic mass is 35.5. The summed E-state index contributed by atoms with van der Waals surface area (Å²) in [5, 5.41) is 17.2. The van der Waals surface area contributed by atoms with E-state index >= 15 is 0 Å². The molecule has 78 valence electrons. The zero-order chi connectivity index (χ0) is 11.1. The smallest absolute Gasteiger partial charge is 0.298 e. The largest absolute Gasteiger partial charge is 0.505 e. The van der Waals surface area contributed by atoms with Crippen molar-refractivity contribution in [3.05, 3.63) is 16.1 Å². The second-order valence-corrected chi connectivity index (χ2v) is 4.52. The van der Waals surface area contributed by atoms with Crippen LogP contribution in [0, 0.1) is 0 Å². The fraction of sp³-hybridized carbons (Fsp3) is 0. The molecule has 0 fully saturated rings. The van der Waals surface area contributed by atoms with Crippen molar-refractivity contribution in [1.29, 1.82) is 0 Å². The van der Waals surface area contributed by atoms with Crippen molar-refractivity contribution in [3.8, 4) is 11.5 Å². The average molecular weight is 259 g/mol. The van der Waals surface area contributed by atoms with Gasteiger partial charge in [0.1, 0.15) is 9.92 Å². The van der Waals surface area contributed by atoms with Crippen molar-refractivity contribution < 1.29 is 23.2 Å². The molecule has 0 bridgehead atoms. The Morgan fingerprint density at radius 3 is 2.07 bits per heavy atom. The van der Waals surface area contributed by atoms with Gasteiger partial charge in [-0.1, -0.05) is 23.2 Å². The quantitative estimate of drug-likeness (QED) is 0.666. The second-order valence-electron chi connectivity index (χ2n) is 2.34. The minimum atomic E-state index is -4.63. The van der Waals surface area contributed by atoms with Gasteiger partial charge in [-0.05, 0) is 6.07 Å². The van der Waals surface area contributed by atoms with E-state index in [0.717, 1.165) is 0 Å². The number of phenolic OH excluding ortho intramolecular Hbond substituents is 2. The van der Waals surface area contributed by atoms with Crippen LogP contribution in [0.2, 0.25) is 10.0 Å². The van der Waals surface area contributed by atoms with E-state index in [0.29, 0.717) is 6.07 Å². The highest BCUT2D eigenvalue weighted by Gasteiger charge is 2.22. The van der Waals surface area contributed by atoms with Gasteiger partial charge in [0.15, 0.2) is 11.5 Å². The summed E-state index contributed by atoms with van der Waals surface area (Å²) < 4.78 is 30.0. The summed E-state index contributed by atoms with van der Waals surface area (Å²) in [5.41, 5.74) is 0. The molecule has 1 rings (SSSR count). The Morgan fingerprint density at radius 2 is 1.64 bits per heavy atom. The van der Waals surface area contributed by atoms with Gasteiger partial charge in [0.25, 0.3) is 10.1 Å². The van der Waals surface area contributed by atoms with Crippen LogP contribution < -0.4 is 0 Å². The number of halogens is 2. The van der Waals surface area contributed by atoms with Gasteiger partial charge in [-0.3, -0.25) is 4.55 Å². The van der Waals surface area contributed by atoms with Crippen LogP contribution in [-0.4, -0.2) is 23.2 Å². The van der Waals surface area contributed by atoms with Crippen molar-refractivity contribution in [2.24, 2.45) is 0 Å². The number of rotatable bonds is 1. The first-order valence-electron chi connectivity index (χ1n) is 3.12. The van der Waals surface area contributed by atoms with Gasteiger partial charge >= 0.3 is 0 Å². The molecular weight excluding hydrogens is 255 g/mol. The molecule has 5 nitrogen and oxygen atoms in total. The summed E-state index contributed by atoms with van der Waals surface area (Å²) in [7, 11) is -4.63. The van der Waals surface area contributed by atoms with Gasteiger partial charge in [-0.2, -0.15) is 8.42 Å². The number of hydrogen-bond donors (Lipinski definition) is 3. The van der Waals surface area contributed by atoms with Gasteiger partial charge < -0.3 is 10.2 Å². The first-order valence-corrected chi connectivity index (χ1v) is 5.32. The Labute approximate surface area is 89.3 Å². The fourth-order valence-corrected chi connectivity index (χ4v) is 1.96. The predicted molar refractivity (Wildman–Crippen MR) is 49.6 cm³/mol. The van der Waals surface area contributed by atoms with Crippen LogP contribution in [0.25, 0.3) is 0 Å². The van der Waals surface area contributed by atoms with E-state index in [1.807, 2.05) is 0 Å². The zero-order valence-corrected chi connectivity index (χ0v) is 8.73. The molecule has 0 aliphatic carbocycles. The Hall–Kier alpha value is -0.690. The maximum atomic E-state index is 10.7. The maximum Gasteiger partial charge on any atom is 0.298 e. The van der Waals surface area contributed by atoms with Gasteiger partial charge in [-0.15, -0.1) is 0 Å². The van der Waals surface area contributed by atoms with Crippen LogP contribution in [-0.2, 0) is 10.1 Å². The first-order chi connectivity index (χ1) is 6.25. The summed E-state index contributed by atoms with van der Waals surface area (Å²) in [6, 6.07) is 0.688. The molecule has 1 aromatic carbocycles. The summed E-state index contributed by atoms with van der Waals surface area (Å²) in [6.45, 7) is 0. The molecule has 0 radical (unpaired) electrons. The molecule has 1 aromatic rings. The lowest BCUT2D eigenvalue weighted by Gasteiger charge is -2.06. The molecule has 0 aromatic heterocycles. The van der Waals surface area contributed by atoms with Gasteiger partial charge in [0, 0.05) is 0 Å². The van der Waals surface area contributed by atoms with E-state index in [2.05, 4.69) is 0 Å². The highest BCUT2D eigenvalue weighted by molar-refractivity contribution is 7.86. The summed E-state index contributed by atoms with van der Waals surface area (Å²) in [4.78, 5) is -0.856. The molecule has 3 N–H and O–H groups in total. The summed E-state index contributed by atoms with van der Waals surface area (Å²) in [5.74, 6) is -1.60. The topological polar surface area (TPSA) is 94.8 Å². The van der Waals surface area contributed by atoms with Crippen molar-refractivity contribution in [3.63, 3.8) is 0 Å². The third-order valence-electron chi connectivity index (χ3n) is 1.41. The third-order valence-corrected chi connectivity index (χ3v) is 2.92. The van der Waals surface area contributed by atoms with Crippen molar-refractivity contribution in [1.82, 2.24) is 0 Å². The summed E-state index contributed by atoms with van der Waals surface area (Å²) >= 11 is 10.7. The Kier molecular flexibility index (Phi) is 2.82. The van der Waals surface area contributed by atoms with Crippen molar-refractivity contribution in [2.75, 3.05) is 0 Å². The molecular formula is C6H4Cl2O5S. The molecule has 0 atom stereocenters. The third kappa shape index (κ3) is 1.88. The van der Waals surface area contributed by atoms with Crippen LogP contribution in [0.5, 0.6) is 11.5 Å². The highest BCUT2D eigenvalue weighted by Crippen LogP contribution is 2.42. The molecule has 0 spiro atoms. The molecule has 0 amide bonds. The van der Waals surface area contributed by atoms with Gasteiger partial charge in [0.05, 0.1) is 5.02 Å². The standard InChI is InChI=1S/C6H4Cl2O5S/c7-2-1-3(14(11,12)13)6(10)4(8)5(2)9/h1,9-10H,(H,11,12,13). The monoisotopic (exact) mass is 258 g/mol. The lowest BCUT2D eigenvalue weighted by Crippen LogP contribution is -1.98. The maximum absolute atomic E-state index is 10.7. The van der Waals surface area contributed by atoms with Gasteiger partial charge in [0.2, 0.25) is 0 Å². The SMILES string of the molecule is O=S(=O)(O)c1cc(Cl)c(O)c(Cl)c1O. The predicted octanol–water partition coefficient (Wildman–Crippen LogP) is 1.65. The van der Waals surface area contributed by atoms with E-state index < -0.39 is 31.5 Å². The van der Waals surface area contributed by atoms with Gasteiger partial charge in [-0.25, -0.2) is 0 Å². The Morgan fingerprint density at radius 1 is 1.14 bits per heavy atom. The van der Waals surface area contributed by atoms with E-state index in [4.69, 9.17) is 38.0 Å². The molecule has 0 saturated carbocycles. The molecule has 0 aliphatic heterocycles. The number of aromatic hydroxyl groups is 2. The minimum absolute atomic E-state index is 0.388. The summed E-state index contributed by atoms with van der Waals surface area (Å²) in [6.07, 6.45) is 0. The van der Waals surface area contributed by atoms with E-state index in [-0.39, 0.29) is 5.02 Å². The van der Waals surface area contributed by atoms with Crippen LogP contribution >= 0.6 is 23.2 Å². The lowest BCUT2D eigenvalue weighted by atomic mass is 10.3. The fourth-order valence-electron chi connectivity index (χ4n) is 0.774. The Bertz CT molecular complexity index is 481. The van der Waals surface area contributed by atoms with E-state index in [9.17, 15) is 8.42 Å². The van der Waals surface area contributed by atoms with Crippen molar-refractivity contribution in [2.45, 2.75) is 4.90 Å². The molecule has 14 heavy (non-hydrogen) atoms. The molecule has 0 aliphatic rings. The van der Waals surface area contributed by atoms with Crippen LogP contribution in [0.3, 0.4) is 0 Å². The number of benzene rings is 1. The number of hydrogen-bond acceptors (Lipinski definition) is 4. The second kappa shape index (κ2) is 3.47. The molecule has 0 heterocycles. The minimum Gasteiger partial charge on any atom is -0.505 e. The lowest BCUT2D eigenvalue weighted by molar-refractivity contribution is 0.431. The Balaban J connectivity index is 3.66. The van der Waals surface area contributed by atoms with Crippen LogP contribution in [0.4, 0.5) is 0 Å². The zero-order valence-electron chi connectivity index (χ0n) is 6.40. The average Bonchev–Trinajstić information content (AvgIpc) is 2.06. The number of phenols is 2. The normalized spacial score (nSPS) is 11.6. The van der Waals surface area contributed by atoms with Crippen LogP contribution in [0.15, 0.2) is 11.0 Å². The van der Waals surface area contributed by atoms with Crippen LogP contribution in [0.1, 0.15) is 0 Å². The molecule has 8 heteroatoms. The molecule has 0 saturated heterocycles. The van der Waals surface area contributed by atoms with Crippen molar-refractivity contribution >= 4 is 33.3 Å². The van der Waals surface area contributed by atoms with E-state index in [1.54, 1.807) is 0 Å². The van der Waals surface area contributed by atoms with E-state index in [1.165, 1.54) is 0 Å².